The van der Waals surface area contributed by atoms with Crippen LogP contribution in [0, 0.1) is 4.77 Å². The second-order valence-corrected chi connectivity index (χ2v) is 8.46. The van der Waals surface area contributed by atoms with Crippen molar-refractivity contribution >= 4 is 22.2 Å². The van der Waals surface area contributed by atoms with Crippen LogP contribution in [0.3, 0.4) is 0 Å². The molecule has 2 aliphatic heterocycles. The van der Waals surface area contributed by atoms with Gasteiger partial charge in [-0.15, -0.1) is 0 Å². The second kappa shape index (κ2) is 6.38. The summed E-state index contributed by atoms with van der Waals surface area (Å²) in [5.74, 6) is 0.937. The number of hydrogen-bond donors (Lipinski definition) is 1. The van der Waals surface area contributed by atoms with Crippen molar-refractivity contribution < 1.29 is 13.2 Å². The highest BCUT2D eigenvalue weighted by Crippen LogP contribution is 2.27. The third-order valence-electron chi connectivity index (χ3n) is 4.42. The molecule has 22 heavy (non-hydrogen) atoms. The predicted octanol–water partition coefficient (Wildman–Crippen LogP) is 1.26. The molecule has 1 aromatic rings. The van der Waals surface area contributed by atoms with E-state index >= 15 is 0 Å². The summed E-state index contributed by atoms with van der Waals surface area (Å²) in [6.45, 7) is 2.56. The Morgan fingerprint density at radius 1 is 1.41 bits per heavy atom. The highest BCUT2D eigenvalue weighted by atomic mass is 32.2. The number of aromatic amines is 1. The van der Waals surface area contributed by atoms with Gasteiger partial charge in [-0.2, -0.15) is 5.10 Å². The zero-order valence-electron chi connectivity index (χ0n) is 12.7. The number of nitrogens with zero attached hydrogens (tertiary/aromatic N) is 3. The van der Waals surface area contributed by atoms with Gasteiger partial charge < -0.3 is 9.30 Å². The molecule has 0 aromatic carbocycles. The first-order chi connectivity index (χ1) is 10.4. The molecule has 3 heterocycles. The Hall–Kier alpha value is -0.770. The average Bonchev–Trinajstić information content (AvgIpc) is 3.10. The molecule has 1 aromatic heterocycles. The fraction of sp³-hybridized carbons (Fsp3) is 0.846. The van der Waals surface area contributed by atoms with Gasteiger partial charge in [-0.05, 0) is 37.9 Å². The first kappa shape index (κ1) is 16.1. The summed E-state index contributed by atoms with van der Waals surface area (Å²) in [6, 6.07) is 0. The maximum Gasteiger partial charge on any atom is 0.211 e. The third-order valence-corrected chi connectivity index (χ3v) is 6.00. The van der Waals surface area contributed by atoms with Crippen LogP contribution in [-0.4, -0.2) is 59.5 Å². The molecule has 3 rings (SSSR count). The number of nitrogens with one attached hydrogen (secondary N) is 1. The van der Waals surface area contributed by atoms with E-state index in [0.717, 1.165) is 38.1 Å². The summed E-state index contributed by atoms with van der Waals surface area (Å²) in [5.41, 5.74) is 0. The zero-order chi connectivity index (χ0) is 15.7. The van der Waals surface area contributed by atoms with Crippen molar-refractivity contribution in [1.29, 1.82) is 0 Å². The van der Waals surface area contributed by atoms with Crippen LogP contribution >= 0.6 is 12.2 Å². The maximum absolute atomic E-state index is 11.8. The molecule has 2 atom stereocenters. The molecular weight excluding hydrogens is 324 g/mol. The molecule has 7 nitrogen and oxygen atoms in total. The van der Waals surface area contributed by atoms with E-state index in [2.05, 4.69) is 10.2 Å². The summed E-state index contributed by atoms with van der Waals surface area (Å²) in [4.78, 5) is 0. The average molecular weight is 346 g/mol. The fourth-order valence-electron chi connectivity index (χ4n) is 3.26. The lowest BCUT2D eigenvalue weighted by molar-refractivity contribution is 0.0952. The number of piperidine rings is 1. The van der Waals surface area contributed by atoms with E-state index in [1.807, 2.05) is 4.57 Å². The standard InChI is InChI=1S/C13H22N4O3S2/c1-22(18,19)16-6-2-4-10(8-16)12-14-15-13(21)17(12)9-11-5-3-7-20-11/h10-11H,2-9H2,1H3,(H,15,21). The second-order valence-electron chi connectivity index (χ2n) is 6.09. The molecule has 0 bridgehead atoms. The van der Waals surface area contributed by atoms with E-state index in [4.69, 9.17) is 17.0 Å². The molecule has 1 N–H and O–H groups in total. The quantitative estimate of drug-likeness (QED) is 0.830. The SMILES string of the molecule is CS(=O)(=O)N1CCCC(c2n[nH]c(=S)n2CC2CCCO2)C1. The molecule has 0 saturated carbocycles. The van der Waals surface area contributed by atoms with Crippen LogP contribution in [0.15, 0.2) is 0 Å². The van der Waals surface area contributed by atoms with Crippen LogP contribution in [0.25, 0.3) is 0 Å². The van der Waals surface area contributed by atoms with Gasteiger partial charge in [0.2, 0.25) is 10.0 Å². The van der Waals surface area contributed by atoms with Gasteiger partial charge in [0.05, 0.1) is 18.9 Å². The molecular formula is C13H22N4O3S2. The highest BCUT2D eigenvalue weighted by molar-refractivity contribution is 7.88. The molecule has 2 saturated heterocycles. The van der Waals surface area contributed by atoms with Crippen LogP contribution in [0.4, 0.5) is 0 Å². The Bertz CT molecular complexity index is 676. The van der Waals surface area contributed by atoms with Crippen LogP contribution in [-0.2, 0) is 21.3 Å². The van der Waals surface area contributed by atoms with Crippen molar-refractivity contribution in [3.8, 4) is 0 Å². The lowest BCUT2D eigenvalue weighted by atomic mass is 9.98. The summed E-state index contributed by atoms with van der Waals surface area (Å²) >= 11 is 5.34. The summed E-state index contributed by atoms with van der Waals surface area (Å²) in [5, 5.41) is 7.22. The Morgan fingerprint density at radius 2 is 2.23 bits per heavy atom. The number of aromatic nitrogens is 3. The molecule has 2 unspecified atom stereocenters. The van der Waals surface area contributed by atoms with Gasteiger partial charge in [0.25, 0.3) is 0 Å². The van der Waals surface area contributed by atoms with Crippen LogP contribution < -0.4 is 0 Å². The van der Waals surface area contributed by atoms with Crippen molar-refractivity contribution in [2.75, 3.05) is 26.0 Å². The van der Waals surface area contributed by atoms with Crippen molar-refractivity contribution in [3.63, 3.8) is 0 Å². The molecule has 0 spiro atoms. The van der Waals surface area contributed by atoms with Crippen molar-refractivity contribution in [1.82, 2.24) is 19.1 Å². The number of rotatable bonds is 4. The zero-order valence-corrected chi connectivity index (χ0v) is 14.3. The Balaban J connectivity index is 1.80. The van der Waals surface area contributed by atoms with Crippen molar-refractivity contribution in [2.24, 2.45) is 0 Å². The normalized spacial score (nSPS) is 27.3. The summed E-state index contributed by atoms with van der Waals surface area (Å²) in [7, 11) is -3.16. The monoisotopic (exact) mass is 346 g/mol. The van der Waals surface area contributed by atoms with Crippen LogP contribution in [0.2, 0.25) is 0 Å². The van der Waals surface area contributed by atoms with Crippen molar-refractivity contribution in [3.05, 3.63) is 10.6 Å². The van der Waals surface area contributed by atoms with E-state index < -0.39 is 10.0 Å². The van der Waals surface area contributed by atoms with Gasteiger partial charge in [-0.25, -0.2) is 12.7 Å². The largest absolute Gasteiger partial charge is 0.376 e. The van der Waals surface area contributed by atoms with E-state index in [-0.39, 0.29) is 12.0 Å². The summed E-state index contributed by atoms with van der Waals surface area (Å²) < 4.78 is 33.4. The van der Waals surface area contributed by atoms with Gasteiger partial charge in [0, 0.05) is 25.6 Å². The number of ether oxygens (including phenoxy) is 1. The van der Waals surface area contributed by atoms with E-state index in [1.165, 1.54) is 10.6 Å². The minimum Gasteiger partial charge on any atom is -0.376 e. The Morgan fingerprint density at radius 3 is 2.91 bits per heavy atom. The number of H-pyrrole nitrogens is 1. The van der Waals surface area contributed by atoms with E-state index in [1.54, 1.807) is 0 Å². The minimum absolute atomic E-state index is 0.0813. The molecule has 9 heteroatoms. The molecule has 124 valence electrons. The van der Waals surface area contributed by atoms with Crippen LogP contribution in [0.1, 0.15) is 37.4 Å². The first-order valence-corrected chi connectivity index (χ1v) is 9.92. The molecule has 2 aliphatic rings. The van der Waals surface area contributed by atoms with Crippen molar-refractivity contribution in [2.45, 2.75) is 44.2 Å². The van der Waals surface area contributed by atoms with Crippen LogP contribution in [0.5, 0.6) is 0 Å². The number of sulfonamides is 1. The predicted molar refractivity (Wildman–Crippen MR) is 84.8 cm³/mol. The lowest BCUT2D eigenvalue weighted by Gasteiger charge is -2.30. The van der Waals surface area contributed by atoms with Gasteiger partial charge in [-0.3, -0.25) is 5.10 Å². The molecule has 0 radical (unpaired) electrons. The molecule has 0 amide bonds. The van der Waals surface area contributed by atoms with E-state index in [0.29, 0.717) is 24.4 Å². The number of hydrogen-bond acceptors (Lipinski definition) is 5. The van der Waals surface area contributed by atoms with Gasteiger partial charge in [-0.1, -0.05) is 0 Å². The Labute approximate surface area is 135 Å². The maximum atomic E-state index is 11.8. The molecule has 0 aliphatic carbocycles. The highest BCUT2D eigenvalue weighted by Gasteiger charge is 2.30. The Kier molecular flexibility index (Phi) is 4.67. The van der Waals surface area contributed by atoms with Gasteiger partial charge >= 0.3 is 0 Å². The fourth-order valence-corrected chi connectivity index (χ4v) is 4.39. The third kappa shape index (κ3) is 3.42. The summed E-state index contributed by atoms with van der Waals surface area (Å²) in [6.07, 6.45) is 5.33. The van der Waals surface area contributed by atoms with Gasteiger partial charge in [0.15, 0.2) is 4.77 Å². The van der Waals surface area contributed by atoms with E-state index in [9.17, 15) is 8.42 Å². The topological polar surface area (TPSA) is 80.2 Å². The smallest absolute Gasteiger partial charge is 0.211 e. The molecule has 2 fully saturated rings. The van der Waals surface area contributed by atoms with Gasteiger partial charge in [0.1, 0.15) is 5.82 Å². The first-order valence-electron chi connectivity index (χ1n) is 7.67. The minimum atomic E-state index is -3.16. The lowest BCUT2D eigenvalue weighted by Crippen LogP contribution is -2.39.